The number of aliphatic hydroxyl groups is 1. The molecule has 0 saturated heterocycles. The molecule has 0 atom stereocenters. The zero-order valence-electron chi connectivity index (χ0n) is 15.0. The number of hydrogen-bond donors (Lipinski definition) is 2. The molecule has 1 amide bonds. The molecule has 0 radical (unpaired) electrons. The second-order valence-corrected chi connectivity index (χ2v) is 7.18. The van der Waals surface area contributed by atoms with Crippen LogP contribution in [0.25, 0.3) is 0 Å². The first kappa shape index (κ1) is 19.2. The van der Waals surface area contributed by atoms with Crippen LogP contribution >= 0.6 is 11.8 Å². The van der Waals surface area contributed by atoms with Crippen LogP contribution in [0.4, 0.5) is 0 Å². The van der Waals surface area contributed by atoms with E-state index >= 15 is 0 Å². The zero-order chi connectivity index (χ0) is 18.9. The Balaban J connectivity index is 1.57. The molecule has 1 aromatic heterocycles. The number of thioether (sulfide) groups is 1. The van der Waals surface area contributed by atoms with Gasteiger partial charge in [0.15, 0.2) is 5.16 Å². The van der Waals surface area contributed by atoms with Crippen molar-refractivity contribution in [3.63, 3.8) is 0 Å². The predicted molar refractivity (Wildman–Crippen MR) is 107 cm³/mol. The maximum Gasteiger partial charge on any atom is 0.240 e. The molecule has 6 heteroatoms. The van der Waals surface area contributed by atoms with Crippen LogP contribution in [0, 0.1) is 0 Å². The molecule has 0 aliphatic rings. The van der Waals surface area contributed by atoms with E-state index in [0.29, 0.717) is 12.2 Å². The van der Waals surface area contributed by atoms with Crippen LogP contribution in [-0.2, 0) is 30.9 Å². The van der Waals surface area contributed by atoms with Crippen LogP contribution in [0.15, 0.2) is 72.0 Å². The minimum Gasteiger partial charge on any atom is -0.390 e. The van der Waals surface area contributed by atoms with Crippen LogP contribution in [0.1, 0.15) is 16.8 Å². The van der Waals surface area contributed by atoms with Crippen molar-refractivity contribution in [2.45, 2.75) is 31.3 Å². The maximum absolute atomic E-state index is 12.3. The fraction of sp³-hybridized carbons (Fsp3) is 0.238. The number of nitrogens with zero attached hydrogens (tertiary/aromatic N) is 2. The highest BCUT2D eigenvalue weighted by molar-refractivity contribution is 7.99. The molecule has 0 unspecified atom stereocenters. The first-order valence-electron chi connectivity index (χ1n) is 8.89. The van der Waals surface area contributed by atoms with E-state index in [1.54, 1.807) is 22.5 Å². The summed E-state index contributed by atoms with van der Waals surface area (Å²) in [5.74, 6) is 0.758. The molecule has 3 rings (SSSR count). The third-order valence-corrected chi connectivity index (χ3v) is 5.15. The number of nitrogens with one attached hydrogen (secondary N) is 1. The van der Waals surface area contributed by atoms with Crippen molar-refractivity contribution in [3.05, 3.63) is 83.7 Å². The van der Waals surface area contributed by atoms with Crippen molar-refractivity contribution < 1.29 is 9.90 Å². The van der Waals surface area contributed by atoms with Gasteiger partial charge in [-0.25, -0.2) is 4.98 Å². The fourth-order valence-corrected chi connectivity index (χ4v) is 3.69. The van der Waals surface area contributed by atoms with E-state index in [-0.39, 0.29) is 19.1 Å². The Morgan fingerprint density at radius 2 is 1.70 bits per heavy atom. The molecule has 2 N–H and O–H groups in total. The number of aliphatic hydroxyl groups excluding tert-OH is 1. The second kappa shape index (κ2) is 9.94. The van der Waals surface area contributed by atoms with Crippen molar-refractivity contribution in [3.8, 4) is 0 Å². The lowest BCUT2D eigenvalue weighted by molar-refractivity contribution is -0.122. The van der Waals surface area contributed by atoms with Gasteiger partial charge in [0.05, 0.1) is 18.5 Å². The van der Waals surface area contributed by atoms with Crippen LogP contribution in [0.5, 0.6) is 0 Å². The molecule has 0 saturated carbocycles. The van der Waals surface area contributed by atoms with E-state index in [1.807, 2.05) is 48.5 Å². The smallest absolute Gasteiger partial charge is 0.240 e. The lowest BCUT2D eigenvalue weighted by Gasteiger charge is -2.11. The van der Waals surface area contributed by atoms with Gasteiger partial charge in [-0.15, -0.1) is 0 Å². The van der Waals surface area contributed by atoms with Gasteiger partial charge in [0.25, 0.3) is 0 Å². The highest BCUT2D eigenvalue weighted by Crippen LogP contribution is 2.20. The summed E-state index contributed by atoms with van der Waals surface area (Å²) < 4.78 is 1.79. The number of aryl methyl sites for hydroxylation is 1. The minimum atomic E-state index is -0.141. The van der Waals surface area contributed by atoms with E-state index in [2.05, 4.69) is 22.4 Å². The van der Waals surface area contributed by atoms with Gasteiger partial charge in [-0.05, 0) is 17.5 Å². The molecule has 0 spiro atoms. The van der Waals surface area contributed by atoms with Crippen molar-refractivity contribution in [1.29, 1.82) is 0 Å². The lowest BCUT2D eigenvalue weighted by atomic mass is 10.2. The van der Waals surface area contributed by atoms with Crippen molar-refractivity contribution in [1.82, 2.24) is 14.9 Å². The monoisotopic (exact) mass is 381 g/mol. The van der Waals surface area contributed by atoms with Crippen molar-refractivity contribution in [2.24, 2.45) is 0 Å². The summed E-state index contributed by atoms with van der Waals surface area (Å²) in [4.78, 5) is 16.7. The number of benzene rings is 2. The number of imidazole rings is 1. The Hall–Kier alpha value is -2.57. The van der Waals surface area contributed by atoms with Crippen LogP contribution in [-0.4, -0.2) is 26.3 Å². The zero-order valence-corrected chi connectivity index (χ0v) is 15.9. The summed E-state index contributed by atoms with van der Waals surface area (Å²) in [5, 5.41) is 13.2. The van der Waals surface area contributed by atoms with E-state index in [4.69, 9.17) is 0 Å². The number of hydrogen-bond acceptors (Lipinski definition) is 4. The van der Waals surface area contributed by atoms with Gasteiger partial charge >= 0.3 is 0 Å². The van der Waals surface area contributed by atoms with Crippen molar-refractivity contribution in [2.75, 3.05) is 5.75 Å². The molecule has 140 valence electrons. The highest BCUT2D eigenvalue weighted by atomic mass is 32.2. The van der Waals surface area contributed by atoms with Gasteiger partial charge in [-0.2, -0.15) is 0 Å². The topological polar surface area (TPSA) is 67.2 Å². The van der Waals surface area contributed by atoms with Crippen LogP contribution < -0.4 is 5.32 Å². The lowest BCUT2D eigenvalue weighted by Crippen LogP contribution is -2.28. The van der Waals surface area contributed by atoms with Gasteiger partial charge < -0.3 is 15.0 Å². The van der Waals surface area contributed by atoms with Crippen molar-refractivity contribution >= 4 is 17.7 Å². The Morgan fingerprint density at radius 1 is 1.04 bits per heavy atom. The molecule has 0 fully saturated rings. The third-order valence-electron chi connectivity index (χ3n) is 4.16. The van der Waals surface area contributed by atoms with Gasteiger partial charge in [-0.3, -0.25) is 4.79 Å². The number of rotatable bonds is 9. The minimum absolute atomic E-state index is 0.100. The third kappa shape index (κ3) is 5.70. The first-order chi connectivity index (χ1) is 13.3. The van der Waals surface area contributed by atoms with Gasteiger partial charge in [-0.1, -0.05) is 72.4 Å². The quantitative estimate of drug-likeness (QED) is 0.559. The van der Waals surface area contributed by atoms with Crippen LogP contribution in [0.2, 0.25) is 0 Å². The Bertz CT molecular complexity index is 850. The summed E-state index contributed by atoms with van der Waals surface area (Å²) in [6.07, 6.45) is 2.56. The van der Waals surface area contributed by atoms with Crippen LogP contribution in [0.3, 0.4) is 0 Å². The molecular weight excluding hydrogens is 358 g/mol. The van der Waals surface area contributed by atoms with Gasteiger partial charge in [0, 0.05) is 12.3 Å². The van der Waals surface area contributed by atoms with Gasteiger partial charge in [0.1, 0.15) is 6.54 Å². The summed E-state index contributed by atoms with van der Waals surface area (Å²) in [6.45, 7) is 0.494. The van der Waals surface area contributed by atoms with E-state index < -0.39 is 0 Å². The first-order valence-corrected chi connectivity index (χ1v) is 9.87. The van der Waals surface area contributed by atoms with E-state index in [1.165, 1.54) is 5.56 Å². The Labute approximate surface area is 163 Å². The predicted octanol–water partition coefficient (Wildman–Crippen LogP) is 3.03. The molecular formula is C21H23N3O2S. The summed E-state index contributed by atoms with van der Waals surface area (Å²) in [6, 6.07) is 20.1. The average molecular weight is 382 g/mol. The highest BCUT2D eigenvalue weighted by Gasteiger charge is 2.13. The largest absolute Gasteiger partial charge is 0.390 e. The SMILES string of the molecule is O=C(Cn1c(CO)cnc1SCCc1ccccc1)NCc1ccccc1. The Kier molecular flexibility index (Phi) is 7.07. The molecule has 27 heavy (non-hydrogen) atoms. The van der Waals surface area contributed by atoms with E-state index in [0.717, 1.165) is 22.9 Å². The fourth-order valence-electron chi connectivity index (χ4n) is 2.70. The molecule has 5 nitrogen and oxygen atoms in total. The van der Waals surface area contributed by atoms with Gasteiger partial charge in [0.2, 0.25) is 5.91 Å². The maximum atomic E-state index is 12.3. The molecule has 2 aromatic carbocycles. The molecule has 0 bridgehead atoms. The molecule has 0 aliphatic carbocycles. The average Bonchev–Trinajstić information content (AvgIpc) is 3.09. The van der Waals surface area contributed by atoms with E-state index in [9.17, 15) is 9.90 Å². The summed E-state index contributed by atoms with van der Waals surface area (Å²) in [5.41, 5.74) is 2.97. The summed E-state index contributed by atoms with van der Waals surface area (Å²) >= 11 is 1.60. The summed E-state index contributed by atoms with van der Waals surface area (Å²) in [7, 11) is 0. The molecule has 0 aliphatic heterocycles. The molecule has 3 aromatic rings. The Morgan fingerprint density at radius 3 is 2.37 bits per heavy atom. The molecule has 1 heterocycles. The number of amides is 1. The second-order valence-electron chi connectivity index (χ2n) is 6.12. The number of carbonyl (C=O) groups excluding carboxylic acids is 1. The standard InChI is InChI=1S/C21H23N3O2S/c25-16-19-14-23-21(27-12-11-17-7-3-1-4-8-17)24(19)15-20(26)22-13-18-9-5-2-6-10-18/h1-10,14,25H,11-13,15-16H2,(H,22,26). The number of carbonyl (C=O) groups is 1. The normalized spacial score (nSPS) is 10.7. The number of aromatic nitrogens is 2.